The molecular weight excluding hydrogens is 258 g/mol. The monoisotopic (exact) mass is 279 g/mol. The average Bonchev–Trinajstić information content (AvgIpc) is 3.05. The van der Waals surface area contributed by atoms with Gasteiger partial charge in [-0.2, -0.15) is 4.98 Å². The Labute approximate surface area is 118 Å². The zero-order valence-corrected chi connectivity index (χ0v) is 11.8. The number of aromatic nitrogens is 1. The molecule has 3 N–H and O–H groups in total. The maximum absolute atomic E-state index is 12.0. The Hall–Kier alpha value is -1.56. The van der Waals surface area contributed by atoms with Crippen molar-refractivity contribution in [3.63, 3.8) is 0 Å². The highest BCUT2D eigenvalue weighted by molar-refractivity contribution is 5.87. The van der Waals surface area contributed by atoms with E-state index in [0.717, 1.165) is 18.5 Å². The maximum atomic E-state index is 12.0. The molecule has 2 aliphatic rings. The number of fused-ring (bicyclic) bond motifs is 2. The summed E-state index contributed by atoms with van der Waals surface area (Å²) in [6.07, 6.45) is 3.44. The molecule has 2 aliphatic carbocycles. The molecule has 0 spiro atoms. The average molecular weight is 279 g/mol. The molecule has 6 nitrogen and oxygen atoms in total. The summed E-state index contributed by atoms with van der Waals surface area (Å²) in [6, 6.07) is -0.0145. The second kappa shape index (κ2) is 5.09. The molecular formula is C14H21N3O3. The van der Waals surface area contributed by atoms with Crippen LogP contribution in [0.5, 0.6) is 0 Å². The Morgan fingerprint density at radius 3 is 2.80 bits per heavy atom. The smallest absolute Gasteiger partial charge is 0.323 e. The van der Waals surface area contributed by atoms with Crippen LogP contribution in [0, 0.1) is 31.6 Å². The third-order valence-corrected chi connectivity index (χ3v) is 4.85. The van der Waals surface area contributed by atoms with Crippen molar-refractivity contribution in [3.05, 3.63) is 11.5 Å². The molecule has 4 unspecified atom stereocenters. The van der Waals surface area contributed by atoms with E-state index in [1.165, 1.54) is 6.42 Å². The van der Waals surface area contributed by atoms with E-state index in [4.69, 9.17) is 4.42 Å². The zero-order valence-electron chi connectivity index (χ0n) is 11.8. The highest BCUT2D eigenvalue weighted by atomic mass is 16.4. The minimum Gasteiger partial charge on any atom is -0.428 e. The quantitative estimate of drug-likeness (QED) is 0.787. The molecule has 0 saturated heterocycles. The van der Waals surface area contributed by atoms with E-state index in [1.54, 1.807) is 0 Å². The summed E-state index contributed by atoms with van der Waals surface area (Å²) in [6.45, 7) is 3.78. The van der Waals surface area contributed by atoms with Gasteiger partial charge in [-0.1, -0.05) is 0 Å². The van der Waals surface area contributed by atoms with Crippen LogP contribution in [0.1, 0.15) is 30.7 Å². The number of hydrogen-bond acceptors (Lipinski definition) is 4. The number of carbonyl (C=O) groups is 1. The van der Waals surface area contributed by atoms with Crippen molar-refractivity contribution in [2.45, 2.75) is 39.2 Å². The van der Waals surface area contributed by atoms with Crippen molar-refractivity contribution in [3.8, 4) is 0 Å². The van der Waals surface area contributed by atoms with Gasteiger partial charge in [-0.05, 0) is 44.9 Å². The molecule has 2 fully saturated rings. The van der Waals surface area contributed by atoms with Gasteiger partial charge in [-0.25, -0.2) is 4.79 Å². The molecule has 2 amide bonds. The van der Waals surface area contributed by atoms with Crippen LogP contribution in [0.25, 0.3) is 0 Å². The standard InChI is InChI=1S/C14H21N3O3/c1-7-8(2)20-14(15-7)17-13(19)16-12-10-4-3-9(5-10)11(12)6-18/h9-12,18H,3-6H2,1-2H3,(H2,15,16,17,19). The van der Waals surface area contributed by atoms with E-state index in [1.807, 2.05) is 13.8 Å². The highest BCUT2D eigenvalue weighted by Crippen LogP contribution is 2.48. The Morgan fingerprint density at radius 1 is 1.40 bits per heavy atom. The number of hydrogen-bond donors (Lipinski definition) is 3. The van der Waals surface area contributed by atoms with Crippen LogP contribution in [0.3, 0.4) is 0 Å². The first-order chi connectivity index (χ1) is 9.58. The number of urea groups is 1. The van der Waals surface area contributed by atoms with Crippen molar-refractivity contribution in [2.75, 3.05) is 11.9 Å². The van der Waals surface area contributed by atoms with Crippen molar-refractivity contribution in [2.24, 2.45) is 17.8 Å². The van der Waals surface area contributed by atoms with E-state index in [2.05, 4.69) is 15.6 Å². The van der Waals surface area contributed by atoms with Gasteiger partial charge in [0.05, 0.1) is 5.69 Å². The molecule has 6 heteroatoms. The molecule has 3 rings (SSSR count). The van der Waals surface area contributed by atoms with Crippen LogP contribution in [0.2, 0.25) is 0 Å². The van der Waals surface area contributed by atoms with Gasteiger partial charge in [0, 0.05) is 18.6 Å². The number of carbonyl (C=O) groups excluding carboxylic acids is 1. The summed E-state index contributed by atoms with van der Waals surface area (Å²) in [7, 11) is 0. The Morgan fingerprint density at radius 2 is 2.15 bits per heavy atom. The fourth-order valence-corrected chi connectivity index (χ4v) is 3.71. The highest BCUT2D eigenvalue weighted by Gasteiger charge is 2.47. The van der Waals surface area contributed by atoms with E-state index in [0.29, 0.717) is 17.6 Å². The normalized spacial score (nSPS) is 31.6. The van der Waals surface area contributed by atoms with Gasteiger partial charge in [0.15, 0.2) is 0 Å². The topological polar surface area (TPSA) is 87.4 Å². The van der Waals surface area contributed by atoms with Gasteiger partial charge in [-0.3, -0.25) is 5.32 Å². The molecule has 0 aromatic carbocycles. The summed E-state index contributed by atoms with van der Waals surface area (Å²) in [5, 5.41) is 15.1. The number of oxazole rings is 1. The molecule has 20 heavy (non-hydrogen) atoms. The number of amides is 2. The van der Waals surface area contributed by atoms with Crippen molar-refractivity contribution in [1.82, 2.24) is 10.3 Å². The van der Waals surface area contributed by atoms with E-state index >= 15 is 0 Å². The number of nitrogens with one attached hydrogen (secondary N) is 2. The van der Waals surface area contributed by atoms with Gasteiger partial charge in [0.25, 0.3) is 0 Å². The van der Waals surface area contributed by atoms with Crippen LogP contribution in [0.15, 0.2) is 4.42 Å². The molecule has 0 radical (unpaired) electrons. The van der Waals surface area contributed by atoms with E-state index in [9.17, 15) is 9.90 Å². The largest absolute Gasteiger partial charge is 0.428 e. The van der Waals surface area contributed by atoms with Crippen molar-refractivity contribution >= 4 is 12.0 Å². The molecule has 1 heterocycles. The lowest BCUT2D eigenvalue weighted by Gasteiger charge is -2.30. The molecule has 4 atom stereocenters. The van der Waals surface area contributed by atoms with Gasteiger partial charge in [-0.15, -0.1) is 0 Å². The van der Waals surface area contributed by atoms with Crippen LogP contribution >= 0.6 is 0 Å². The number of rotatable bonds is 3. The van der Waals surface area contributed by atoms with Crippen LogP contribution < -0.4 is 10.6 Å². The fourth-order valence-electron chi connectivity index (χ4n) is 3.71. The number of aliphatic hydroxyl groups is 1. The van der Waals surface area contributed by atoms with Gasteiger partial charge < -0.3 is 14.8 Å². The van der Waals surface area contributed by atoms with E-state index in [-0.39, 0.29) is 30.6 Å². The van der Waals surface area contributed by atoms with Crippen molar-refractivity contribution < 1.29 is 14.3 Å². The first-order valence-corrected chi connectivity index (χ1v) is 7.21. The number of aliphatic hydroxyl groups excluding tert-OH is 1. The number of aryl methyl sites for hydroxylation is 2. The molecule has 110 valence electrons. The van der Waals surface area contributed by atoms with Gasteiger partial charge in [0.1, 0.15) is 5.76 Å². The summed E-state index contributed by atoms with van der Waals surface area (Å²) in [5.41, 5.74) is 0.772. The third-order valence-electron chi connectivity index (χ3n) is 4.85. The number of anilines is 1. The predicted molar refractivity (Wildman–Crippen MR) is 73.3 cm³/mol. The predicted octanol–water partition coefficient (Wildman–Crippen LogP) is 1.82. The summed E-state index contributed by atoms with van der Waals surface area (Å²) >= 11 is 0. The Balaban J connectivity index is 1.61. The first-order valence-electron chi connectivity index (χ1n) is 7.21. The minimum absolute atomic E-state index is 0.0657. The maximum Gasteiger partial charge on any atom is 0.323 e. The summed E-state index contributed by atoms with van der Waals surface area (Å²) < 4.78 is 5.33. The second-order valence-corrected chi connectivity index (χ2v) is 5.96. The van der Waals surface area contributed by atoms with Gasteiger partial charge in [0.2, 0.25) is 0 Å². The fraction of sp³-hybridized carbons (Fsp3) is 0.714. The molecule has 2 saturated carbocycles. The lowest BCUT2D eigenvalue weighted by atomic mass is 9.85. The summed E-state index contributed by atoms with van der Waals surface area (Å²) in [5.74, 6) is 1.94. The Kier molecular flexibility index (Phi) is 3.41. The van der Waals surface area contributed by atoms with E-state index < -0.39 is 0 Å². The number of nitrogens with zero attached hydrogens (tertiary/aromatic N) is 1. The Bertz CT molecular complexity index is 494. The van der Waals surface area contributed by atoms with Crippen LogP contribution in [-0.4, -0.2) is 28.8 Å². The SMILES string of the molecule is Cc1nc(NC(=O)NC2C3CCC(C3)C2CO)oc1C. The van der Waals surface area contributed by atoms with Crippen LogP contribution in [-0.2, 0) is 0 Å². The van der Waals surface area contributed by atoms with Crippen molar-refractivity contribution in [1.29, 1.82) is 0 Å². The van der Waals surface area contributed by atoms with Crippen LogP contribution in [0.4, 0.5) is 10.8 Å². The summed E-state index contributed by atoms with van der Waals surface area (Å²) in [4.78, 5) is 16.1. The minimum atomic E-state index is -0.303. The lowest BCUT2D eigenvalue weighted by Crippen LogP contribution is -2.46. The second-order valence-electron chi connectivity index (χ2n) is 5.96. The molecule has 0 aliphatic heterocycles. The molecule has 2 bridgehead atoms. The molecule has 1 aromatic rings. The molecule has 1 aromatic heterocycles. The third kappa shape index (κ3) is 2.28. The zero-order chi connectivity index (χ0) is 14.3. The van der Waals surface area contributed by atoms with Gasteiger partial charge >= 0.3 is 12.0 Å². The lowest BCUT2D eigenvalue weighted by molar-refractivity contribution is 0.146. The first kappa shape index (κ1) is 13.4.